The van der Waals surface area contributed by atoms with Gasteiger partial charge in [0.05, 0.1) is 12.7 Å². The van der Waals surface area contributed by atoms with Gasteiger partial charge in [-0.1, -0.05) is 43.4 Å². The average molecular weight is 296 g/mol. The molecule has 0 amide bonds. The third-order valence-electron chi connectivity index (χ3n) is 3.42. The van der Waals surface area contributed by atoms with Gasteiger partial charge in [-0.25, -0.2) is 0 Å². The zero-order valence-corrected chi connectivity index (χ0v) is 13.2. The van der Waals surface area contributed by atoms with Gasteiger partial charge < -0.3 is 15.6 Å². The smallest absolute Gasteiger partial charge is 0.103 e. The van der Waals surface area contributed by atoms with E-state index in [1.54, 1.807) is 7.11 Å². The van der Waals surface area contributed by atoms with Gasteiger partial charge in [-0.3, -0.25) is 4.90 Å². The second kappa shape index (κ2) is 8.32. The SMILES string of the molecule is CCN(CC(O)c1ccc(C(N)=S)cc1)C(C)COC. The van der Waals surface area contributed by atoms with Crippen LogP contribution in [0.5, 0.6) is 0 Å². The van der Waals surface area contributed by atoms with Gasteiger partial charge in [0.1, 0.15) is 4.99 Å². The Kier molecular flexibility index (Phi) is 7.09. The average Bonchev–Trinajstić information content (AvgIpc) is 2.44. The summed E-state index contributed by atoms with van der Waals surface area (Å²) in [5.41, 5.74) is 7.25. The molecular weight excluding hydrogens is 272 g/mol. The van der Waals surface area contributed by atoms with E-state index in [2.05, 4.69) is 18.7 Å². The summed E-state index contributed by atoms with van der Waals surface area (Å²) in [6.45, 7) is 6.27. The number of nitrogens with zero attached hydrogens (tertiary/aromatic N) is 1. The molecule has 0 aliphatic rings. The van der Waals surface area contributed by atoms with Crippen molar-refractivity contribution in [3.8, 4) is 0 Å². The number of aliphatic hydroxyl groups excluding tert-OH is 1. The van der Waals surface area contributed by atoms with Crippen LogP contribution in [0.1, 0.15) is 31.1 Å². The highest BCUT2D eigenvalue weighted by atomic mass is 32.1. The van der Waals surface area contributed by atoms with Crippen LogP contribution in [0.15, 0.2) is 24.3 Å². The standard InChI is InChI=1S/C15H24N2O2S/c1-4-17(11(2)10-19-3)9-14(18)12-5-7-13(8-6-12)15(16)20/h5-8,11,14,18H,4,9-10H2,1-3H3,(H2,16,20). The predicted molar refractivity (Wildman–Crippen MR) is 85.9 cm³/mol. The van der Waals surface area contributed by atoms with Gasteiger partial charge >= 0.3 is 0 Å². The minimum atomic E-state index is -0.533. The Morgan fingerprint density at radius 2 is 2.00 bits per heavy atom. The fraction of sp³-hybridized carbons (Fsp3) is 0.533. The molecule has 0 aliphatic heterocycles. The highest BCUT2D eigenvalue weighted by Crippen LogP contribution is 2.16. The number of hydrogen-bond acceptors (Lipinski definition) is 4. The van der Waals surface area contributed by atoms with E-state index in [9.17, 15) is 5.11 Å². The molecule has 0 saturated carbocycles. The molecule has 0 fully saturated rings. The lowest BCUT2D eigenvalue weighted by Crippen LogP contribution is -2.38. The van der Waals surface area contributed by atoms with Crippen molar-refractivity contribution in [2.75, 3.05) is 26.8 Å². The van der Waals surface area contributed by atoms with Crippen molar-refractivity contribution in [2.24, 2.45) is 5.73 Å². The van der Waals surface area contributed by atoms with Gasteiger partial charge in [0.2, 0.25) is 0 Å². The molecule has 0 heterocycles. The van der Waals surface area contributed by atoms with Crippen molar-refractivity contribution in [3.63, 3.8) is 0 Å². The summed E-state index contributed by atoms with van der Waals surface area (Å²) in [6.07, 6.45) is -0.533. The molecule has 112 valence electrons. The number of thiocarbonyl (C=S) groups is 1. The molecule has 1 rings (SSSR count). The molecule has 4 nitrogen and oxygen atoms in total. The molecule has 0 aromatic heterocycles. The highest BCUT2D eigenvalue weighted by molar-refractivity contribution is 7.80. The van der Waals surface area contributed by atoms with Crippen LogP contribution >= 0.6 is 12.2 Å². The van der Waals surface area contributed by atoms with Crippen molar-refractivity contribution < 1.29 is 9.84 Å². The maximum absolute atomic E-state index is 10.3. The number of ether oxygens (including phenoxy) is 1. The first-order chi connectivity index (χ1) is 9.49. The van der Waals surface area contributed by atoms with Crippen molar-refractivity contribution in [3.05, 3.63) is 35.4 Å². The summed E-state index contributed by atoms with van der Waals surface area (Å²) in [5.74, 6) is 0. The van der Waals surface area contributed by atoms with Gasteiger partial charge in [0, 0.05) is 25.3 Å². The minimum absolute atomic E-state index is 0.274. The van der Waals surface area contributed by atoms with E-state index in [-0.39, 0.29) is 6.04 Å². The molecule has 2 atom stereocenters. The number of nitrogens with two attached hydrogens (primary N) is 1. The molecule has 0 radical (unpaired) electrons. The molecule has 0 aliphatic carbocycles. The van der Waals surface area contributed by atoms with Crippen LogP contribution in [-0.4, -0.2) is 47.8 Å². The van der Waals surface area contributed by atoms with Gasteiger partial charge in [0.25, 0.3) is 0 Å². The summed E-state index contributed by atoms with van der Waals surface area (Å²) in [4.78, 5) is 2.56. The Morgan fingerprint density at radius 1 is 1.40 bits per heavy atom. The topological polar surface area (TPSA) is 58.7 Å². The number of benzene rings is 1. The number of methoxy groups -OCH3 is 1. The minimum Gasteiger partial charge on any atom is -0.389 e. The fourth-order valence-electron chi connectivity index (χ4n) is 2.16. The Morgan fingerprint density at radius 3 is 2.45 bits per heavy atom. The number of aliphatic hydroxyl groups is 1. The first-order valence-corrected chi connectivity index (χ1v) is 7.21. The normalized spacial score (nSPS) is 14.2. The Hall–Kier alpha value is -1.01. The number of rotatable bonds is 8. The van der Waals surface area contributed by atoms with E-state index >= 15 is 0 Å². The second-order valence-electron chi connectivity index (χ2n) is 4.89. The Bertz CT molecular complexity index is 422. The van der Waals surface area contributed by atoms with Crippen LogP contribution in [0.3, 0.4) is 0 Å². The third-order valence-corrected chi connectivity index (χ3v) is 3.66. The quantitative estimate of drug-likeness (QED) is 0.715. The van der Waals surface area contributed by atoms with Crippen LogP contribution in [-0.2, 0) is 4.74 Å². The monoisotopic (exact) mass is 296 g/mol. The highest BCUT2D eigenvalue weighted by Gasteiger charge is 2.17. The lowest BCUT2D eigenvalue weighted by molar-refractivity contribution is 0.0582. The van der Waals surface area contributed by atoms with Crippen molar-refractivity contribution in [2.45, 2.75) is 26.0 Å². The molecule has 0 spiro atoms. The van der Waals surface area contributed by atoms with Crippen molar-refractivity contribution in [1.29, 1.82) is 0 Å². The fourth-order valence-corrected chi connectivity index (χ4v) is 2.30. The predicted octanol–water partition coefficient (Wildman–Crippen LogP) is 1.71. The van der Waals surface area contributed by atoms with Gasteiger partial charge in [0.15, 0.2) is 0 Å². The van der Waals surface area contributed by atoms with Gasteiger partial charge in [-0.15, -0.1) is 0 Å². The van der Waals surface area contributed by atoms with Crippen LogP contribution < -0.4 is 5.73 Å². The molecule has 1 aromatic carbocycles. The van der Waals surface area contributed by atoms with E-state index in [0.29, 0.717) is 18.1 Å². The molecule has 5 heteroatoms. The van der Waals surface area contributed by atoms with E-state index in [4.69, 9.17) is 22.7 Å². The lowest BCUT2D eigenvalue weighted by atomic mass is 10.1. The Labute approximate surface area is 126 Å². The van der Waals surface area contributed by atoms with Gasteiger partial charge in [-0.2, -0.15) is 0 Å². The maximum atomic E-state index is 10.3. The third kappa shape index (κ3) is 4.83. The maximum Gasteiger partial charge on any atom is 0.103 e. The van der Waals surface area contributed by atoms with E-state index in [0.717, 1.165) is 17.7 Å². The van der Waals surface area contributed by atoms with E-state index < -0.39 is 6.10 Å². The van der Waals surface area contributed by atoms with Crippen LogP contribution in [0.4, 0.5) is 0 Å². The number of likely N-dealkylation sites (N-methyl/N-ethyl adjacent to an activating group) is 1. The summed E-state index contributed by atoms with van der Waals surface area (Å²) < 4.78 is 5.16. The van der Waals surface area contributed by atoms with Crippen LogP contribution in [0.2, 0.25) is 0 Å². The molecule has 1 aromatic rings. The van der Waals surface area contributed by atoms with Crippen molar-refractivity contribution in [1.82, 2.24) is 4.90 Å². The summed E-state index contributed by atoms with van der Waals surface area (Å²) in [6, 6.07) is 7.70. The summed E-state index contributed by atoms with van der Waals surface area (Å²) >= 11 is 4.92. The number of hydrogen-bond donors (Lipinski definition) is 2. The first kappa shape index (κ1) is 17.0. The zero-order chi connectivity index (χ0) is 15.1. The summed E-state index contributed by atoms with van der Waals surface area (Å²) in [5, 5.41) is 10.3. The van der Waals surface area contributed by atoms with Crippen molar-refractivity contribution >= 4 is 17.2 Å². The van der Waals surface area contributed by atoms with Crippen LogP contribution in [0, 0.1) is 0 Å². The Balaban J connectivity index is 2.68. The molecule has 20 heavy (non-hydrogen) atoms. The first-order valence-electron chi connectivity index (χ1n) is 6.80. The molecule has 0 bridgehead atoms. The molecule has 0 saturated heterocycles. The molecular formula is C15H24N2O2S. The zero-order valence-electron chi connectivity index (χ0n) is 12.4. The molecule has 2 unspecified atom stereocenters. The lowest BCUT2D eigenvalue weighted by Gasteiger charge is -2.29. The molecule has 3 N–H and O–H groups in total. The largest absolute Gasteiger partial charge is 0.389 e. The van der Waals surface area contributed by atoms with E-state index in [1.165, 1.54) is 0 Å². The van der Waals surface area contributed by atoms with Gasteiger partial charge in [-0.05, 0) is 19.0 Å². The summed E-state index contributed by atoms with van der Waals surface area (Å²) in [7, 11) is 1.69. The van der Waals surface area contributed by atoms with E-state index in [1.807, 2.05) is 24.3 Å². The van der Waals surface area contributed by atoms with Crippen LogP contribution in [0.25, 0.3) is 0 Å². The second-order valence-corrected chi connectivity index (χ2v) is 5.33.